The van der Waals surface area contributed by atoms with Gasteiger partial charge in [0, 0.05) is 37.5 Å². The summed E-state index contributed by atoms with van der Waals surface area (Å²) in [7, 11) is 0. The van der Waals surface area contributed by atoms with Crippen LogP contribution in [0.3, 0.4) is 0 Å². The van der Waals surface area contributed by atoms with E-state index in [1.54, 1.807) is 29.2 Å². The summed E-state index contributed by atoms with van der Waals surface area (Å²) in [5, 5.41) is 5.81. The number of carbonyl (C=O) groups is 2. The third-order valence-corrected chi connectivity index (χ3v) is 4.68. The van der Waals surface area contributed by atoms with Crippen molar-refractivity contribution in [2.45, 2.75) is 25.9 Å². The minimum atomic E-state index is -0.141. The molecule has 3 rings (SSSR count). The van der Waals surface area contributed by atoms with Crippen LogP contribution in [0.1, 0.15) is 29.3 Å². The van der Waals surface area contributed by atoms with E-state index in [0.29, 0.717) is 37.5 Å². The number of anilines is 1. The zero-order valence-corrected chi connectivity index (χ0v) is 16.2. The molecular formula is C22H27N3O3. The lowest BCUT2D eigenvalue weighted by molar-refractivity contribution is 0.0718. The van der Waals surface area contributed by atoms with Crippen molar-refractivity contribution in [2.24, 2.45) is 0 Å². The van der Waals surface area contributed by atoms with Crippen molar-refractivity contribution in [3.63, 3.8) is 0 Å². The molecule has 1 heterocycles. The molecule has 3 amide bonds. The van der Waals surface area contributed by atoms with Crippen LogP contribution in [-0.2, 0) is 11.2 Å². The fourth-order valence-electron chi connectivity index (χ4n) is 3.15. The predicted octanol–water partition coefficient (Wildman–Crippen LogP) is 3.30. The van der Waals surface area contributed by atoms with Crippen LogP contribution in [-0.4, -0.2) is 49.2 Å². The lowest BCUT2D eigenvalue weighted by atomic mass is 10.1. The van der Waals surface area contributed by atoms with Gasteiger partial charge in [-0.05, 0) is 49.6 Å². The molecule has 0 radical (unpaired) electrons. The summed E-state index contributed by atoms with van der Waals surface area (Å²) >= 11 is 0. The van der Waals surface area contributed by atoms with Gasteiger partial charge in [0.25, 0.3) is 5.91 Å². The Morgan fingerprint density at radius 1 is 1.11 bits per heavy atom. The first-order valence-electron chi connectivity index (χ1n) is 9.71. The zero-order chi connectivity index (χ0) is 19.8. The summed E-state index contributed by atoms with van der Waals surface area (Å²) in [6, 6.07) is 16.8. The molecule has 0 bridgehead atoms. The second kappa shape index (κ2) is 9.90. The SMILES string of the molecule is CC1CN(C(=O)Nc2ccc(C(=O)NCCc3ccccc3)cc2)CCCO1. The van der Waals surface area contributed by atoms with Crippen LogP contribution in [0.25, 0.3) is 0 Å². The maximum atomic E-state index is 12.4. The molecule has 2 aromatic rings. The molecule has 148 valence electrons. The third kappa shape index (κ3) is 5.82. The molecule has 0 spiro atoms. The van der Waals surface area contributed by atoms with Crippen molar-refractivity contribution in [1.82, 2.24) is 10.2 Å². The standard InChI is InChI=1S/C22H27N3O3/c1-17-16-25(14-5-15-28-17)22(27)24-20-10-8-19(9-11-20)21(26)23-13-12-18-6-3-2-4-7-18/h2-4,6-11,17H,5,12-16H2,1H3,(H,23,26)(H,24,27). The highest BCUT2D eigenvalue weighted by Gasteiger charge is 2.19. The Hall–Kier alpha value is -2.86. The molecule has 1 aliphatic rings. The van der Waals surface area contributed by atoms with Gasteiger partial charge in [-0.1, -0.05) is 30.3 Å². The predicted molar refractivity (Wildman–Crippen MR) is 110 cm³/mol. The fraction of sp³-hybridized carbons (Fsp3) is 0.364. The summed E-state index contributed by atoms with van der Waals surface area (Å²) in [5.41, 5.74) is 2.43. The molecule has 6 nitrogen and oxygen atoms in total. The van der Waals surface area contributed by atoms with E-state index in [1.165, 1.54) is 5.56 Å². The van der Waals surface area contributed by atoms with Crippen LogP contribution < -0.4 is 10.6 Å². The smallest absolute Gasteiger partial charge is 0.321 e. The van der Waals surface area contributed by atoms with Crippen molar-refractivity contribution in [3.8, 4) is 0 Å². The lowest BCUT2D eigenvalue weighted by Gasteiger charge is -2.22. The lowest BCUT2D eigenvalue weighted by Crippen LogP contribution is -2.38. The van der Waals surface area contributed by atoms with Crippen molar-refractivity contribution in [1.29, 1.82) is 0 Å². The molecule has 2 aromatic carbocycles. The van der Waals surface area contributed by atoms with E-state index in [9.17, 15) is 9.59 Å². The second-order valence-electron chi connectivity index (χ2n) is 6.98. The Morgan fingerprint density at radius 3 is 2.61 bits per heavy atom. The van der Waals surface area contributed by atoms with E-state index in [2.05, 4.69) is 10.6 Å². The monoisotopic (exact) mass is 381 g/mol. The number of carbonyl (C=O) groups excluding carboxylic acids is 2. The number of nitrogens with one attached hydrogen (secondary N) is 2. The third-order valence-electron chi connectivity index (χ3n) is 4.68. The van der Waals surface area contributed by atoms with E-state index < -0.39 is 0 Å². The quantitative estimate of drug-likeness (QED) is 0.835. The van der Waals surface area contributed by atoms with Gasteiger partial charge >= 0.3 is 6.03 Å². The molecule has 6 heteroatoms. The first-order valence-corrected chi connectivity index (χ1v) is 9.71. The second-order valence-corrected chi connectivity index (χ2v) is 6.98. The number of rotatable bonds is 5. The van der Waals surface area contributed by atoms with Crippen LogP contribution in [0.2, 0.25) is 0 Å². The van der Waals surface area contributed by atoms with E-state index in [-0.39, 0.29) is 18.0 Å². The Kier molecular flexibility index (Phi) is 7.03. The molecule has 1 atom stereocenters. The topological polar surface area (TPSA) is 70.7 Å². The molecule has 28 heavy (non-hydrogen) atoms. The van der Waals surface area contributed by atoms with Crippen LogP contribution in [0.15, 0.2) is 54.6 Å². The van der Waals surface area contributed by atoms with E-state index in [1.807, 2.05) is 37.3 Å². The van der Waals surface area contributed by atoms with Gasteiger partial charge in [-0.15, -0.1) is 0 Å². The summed E-state index contributed by atoms with van der Waals surface area (Å²) < 4.78 is 5.57. The first kappa shape index (κ1) is 19.9. The number of nitrogens with zero attached hydrogens (tertiary/aromatic N) is 1. The highest BCUT2D eigenvalue weighted by Crippen LogP contribution is 2.12. The summed E-state index contributed by atoms with van der Waals surface area (Å²) in [4.78, 5) is 26.5. The van der Waals surface area contributed by atoms with E-state index >= 15 is 0 Å². The number of hydrogen-bond donors (Lipinski definition) is 2. The Labute approximate surface area is 165 Å². The molecule has 0 aliphatic carbocycles. The number of benzene rings is 2. The average Bonchev–Trinajstić information content (AvgIpc) is 2.94. The van der Waals surface area contributed by atoms with Gasteiger partial charge in [-0.25, -0.2) is 4.79 Å². The van der Waals surface area contributed by atoms with Crippen molar-refractivity contribution in [3.05, 3.63) is 65.7 Å². The molecule has 2 N–H and O–H groups in total. The average molecular weight is 381 g/mol. The highest BCUT2D eigenvalue weighted by molar-refractivity contribution is 5.95. The number of ether oxygens (including phenoxy) is 1. The number of hydrogen-bond acceptors (Lipinski definition) is 3. The van der Waals surface area contributed by atoms with Gasteiger partial charge in [-0.3, -0.25) is 4.79 Å². The Bertz CT molecular complexity index is 777. The van der Waals surface area contributed by atoms with Gasteiger partial charge < -0.3 is 20.3 Å². The van der Waals surface area contributed by atoms with Gasteiger partial charge in [0.2, 0.25) is 0 Å². The maximum absolute atomic E-state index is 12.4. The molecule has 1 fully saturated rings. The normalized spacial score (nSPS) is 16.9. The van der Waals surface area contributed by atoms with Crippen LogP contribution >= 0.6 is 0 Å². The molecular weight excluding hydrogens is 354 g/mol. The molecule has 0 aromatic heterocycles. The maximum Gasteiger partial charge on any atom is 0.321 e. The molecule has 0 saturated carbocycles. The van der Waals surface area contributed by atoms with Gasteiger partial charge in [-0.2, -0.15) is 0 Å². The fourth-order valence-corrected chi connectivity index (χ4v) is 3.15. The van der Waals surface area contributed by atoms with Gasteiger partial charge in [0.1, 0.15) is 0 Å². The van der Waals surface area contributed by atoms with Gasteiger partial charge in [0.05, 0.1) is 6.10 Å². The van der Waals surface area contributed by atoms with Crippen LogP contribution in [0, 0.1) is 0 Å². The zero-order valence-electron chi connectivity index (χ0n) is 16.2. The number of urea groups is 1. The molecule has 1 unspecified atom stereocenters. The van der Waals surface area contributed by atoms with Crippen LogP contribution in [0.4, 0.5) is 10.5 Å². The Balaban J connectivity index is 1.48. The van der Waals surface area contributed by atoms with E-state index in [4.69, 9.17) is 4.74 Å². The van der Waals surface area contributed by atoms with Crippen molar-refractivity contribution >= 4 is 17.6 Å². The summed E-state index contributed by atoms with van der Waals surface area (Å²) in [6.07, 6.45) is 1.66. The molecule has 1 saturated heterocycles. The largest absolute Gasteiger partial charge is 0.377 e. The summed E-state index contributed by atoms with van der Waals surface area (Å²) in [6.45, 7) is 4.48. The number of amides is 3. The Morgan fingerprint density at radius 2 is 1.86 bits per heavy atom. The summed E-state index contributed by atoms with van der Waals surface area (Å²) in [5.74, 6) is -0.118. The first-order chi connectivity index (χ1) is 13.6. The minimum Gasteiger partial charge on any atom is -0.377 e. The van der Waals surface area contributed by atoms with Crippen molar-refractivity contribution < 1.29 is 14.3 Å². The van der Waals surface area contributed by atoms with Gasteiger partial charge in [0.15, 0.2) is 0 Å². The van der Waals surface area contributed by atoms with E-state index in [0.717, 1.165) is 12.8 Å². The minimum absolute atomic E-state index is 0.0372. The van der Waals surface area contributed by atoms with Crippen molar-refractivity contribution in [2.75, 3.05) is 31.6 Å². The van der Waals surface area contributed by atoms with Crippen LogP contribution in [0.5, 0.6) is 0 Å². The highest BCUT2D eigenvalue weighted by atomic mass is 16.5. The molecule has 1 aliphatic heterocycles.